The van der Waals surface area contributed by atoms with Crippen molar-refractivity contribution in [3.63, 3.8) is 0 Å². The lowest BCUT2D eigenvalue weighted by molar-refractivity contribution is 0.603. The number of rotatable bonds is 4. The highest BCUT2D eigenvalue weighted by atomic mass is 32.2. The summed E-state index contributed by atoms with van der Waals surface area (Å²) in [4.78, 5) is 0. The van der Waals surface area contributed by atoms with E-state index in [4.69, 9.17) is 0 Å². The molecule has 0 fully saturated rings. The zero-order chi connectivity index (χ0) is 13.9. The average molecular weight is 283 g/mol. The van der Waals surface area contributed by atoms with Crippen LogP contribution in [0.15, 0.2) is 48.5 Å². The zero-order valence-corrected chi connectivity index (χ0v) is 12.9. The fraction of sp³-hybridized carbons (Fsp3) is 0.333. The Labute approximate surface area is 125 Å². The van der Waals surface area contributed by atoms with Crippen molar-refractivity contribution in [1.29, 1.82) is 0 Å². The summed E-state index contributed by atoms with van der Waals surface area (Å²) in [6.45, 7) is 2.16. The first-order valence-electron chi connectivity index (χ1n) is 7.20. The van der Waals surface area contributed by atoms with Gasteiger partial charge in [0.15, 0.2) is 0 Å². The highest BCUT2D eigenvalue weighted by Crippen LogP contribution is 2.39. The molecule has 2 aromatic carbocycles. The van der Waals surface area contributed by atoms with Gasteiger partial charge in [-0.05, 0) is 37.1 Å². The molecule has 0 aromatic heterocycles. The minimum atomic E-state index is 0.487. The standard InChI is InChI=1S/C18H21NS/c1-13-6-5-7-14(10-13)12-20-17-11-15-8-3-4-9-16(15)18(17)19-2/h3-10,17-19H,11-12H2,1-2H3. The van der Waals surface area contributed by atoms with Gasteiger partial charge in [0.05, 0.1) is 0 Å². The highest BCUT2D eigenvalue weighted by Gasteiger charge is 2.31. The summed E-state index contributed by atoms with van der Waals surface area (Å²) >= 11 is 2.07. The van der Waals surface area contributed by atoms with Crippen molar-refractivity contribution < 1.29 is 0 Å². The van der Waals surface area contributed by atoms with E-state index >= 15 is 0 Å². The Morgan fingerprint density at radius 1 is 1.15 bits per heavy atom. The monoisotopic (exact) mass is 283 g/mol. The second kappa shape index (κ2) is 6.02. The van der Waals surface area contributed by atoms with Crippen molar-refractivity contribution in [3.05, 3.63) is 70.8 Å². The molecule has 0 bridgehead atoms. The summed E-state index contributed by atoms with van der Waals surface area (Å²) in [5, 5.41) is 4.13. The first-order valence-corrected chi connectivity index (χ1v) is 8.25. The van der Waals surface area contributed by atoms with Crippen LogP contribution in [0.2, 0.25) is 0 Å². The fourth-order valence-corrected chi connectivity index (χ4v) is 4.42. The van der Waals surface area contributed by atoms with Gasteiger partial charge in [-0.3, -0.25) is 0 Å². The van der Waals surface area contributed by atoms with Gasteiger partial charge in [-0.15, -0.1) is 0 Å². The van der Waals surface area contributed by atoms with E-state index in [1.54, 1.807) is 0 Å². The van der Waals surface area contributed by atoms with Gasteiger partial charge in [0, 0.05) is 17.0 Å². The van der Waals surface area contributed by atoms with Crippen LogP contribution < -0.4 is 5.32 Å². The maximum Gasteiger partial charge on any atom is 0.0444 e. The highest BCUT2D eigenvalue weighted by molar-refractivity contribution is 7.99. The molecule has 0 heterocycles. The summed E-state index contributed by atoms with van der Waals surface area (Å²) in [5.74, 6) is 1.10. The lowest BCUT2D eigenvalue weighted by atomic mass is 10.1. The van der Waals surface area contributed by atoms with Gasteiger partial charge in [0.1, 0.15) is 0 Å². The largest absolute Gasteiger partial charge is 0.312 e. The molecule has 20 heavy (non-hydrogen) atoms. The molecule has 104 valence electrons. The summed E-state index contributed by atoms with van der Waals surface area (Å²) in [5.41, 5.74) is 5.77. The quantitative estimate of drug-likeness (QED) is 0.906. The zero-order valence-electron chi connectivity index (χ0n) is 12.1. The minimum Gasteiger partial charge on any atom is -0.312 e. The molecule has 0 amide bonds. The molecule has 1 N–H and O–H groups in total. The van der Waals surface area contributed by atoms with E-state index in [1.807, 2.05) is 0 Å². The number of aryl methyl sites for hydroxylation is 1. The van der Waals surface area contributed by atoms with Crippen molar-refractivity contribution in [2.75, 3.05) is 7.05 Å². The smallest absolute Gasteiger partial charge is 0.0444 e. The summed E-state index contributed by atoms with van der Waals surface area (Å²) < 4.78 is 0. The van der Waals surface area contributed by atoms with Crippen LogP contribution in [-0.2, 0) is 12.2 Å². The molecule has 3 rings (SSSR count). The predicted octanol–water partition coefficient (Wildman–Crippen LogP) is 4.11. The van der Waals surface area contributed by atoms with Crippen LogP contribution in [0, 0.1) is 6.92 Å². The Bertz CT molecular complexity index is 593. The number of benzene rings is 2. The average Bonchev–Trinajstić information content (AvgIpc) is 2.82. The Kier molecular flexibility index (Phi) is 4.13. The molecule has 0 aliphatic heterocycles. The summed E-state index contributed by atoms with van der Waals surface area (Å²) in [6.07, 6.45) is 1.18. The lowest BCUT2D eigenvalue weighted by Crippen LogP contribution is -2.23. The van der Waals surface area contributed by atoms with Gasteiger partial charge in [0.2, 0.25) is 0 Å². The molecular formula is C18H21NS. The molecule has 1 aliphatic rings. The molecule has 0 saturated carbocycles. The van der Waals surface area contributed by atoms with Gasteiger partial charge < -0.3 is 5.32 Å². The third-order valence-corrected chi connectivity index (χ3v) is 5.41. The third kappa shape index (κ3) is 2.77. The Morgan fingerprint density at radius 3 is 2.80 bits per heavy atom. The van der Waals surface area contributed by atoms with E-state index < -0.39 is 0 Å². The molecule has 2 aromatic rings. The van der Waals surface area contributed by atoms with Crippen molar-refractivity contribution >= 4 is 11.8 Å². The SMILES string of the molecule is CNC1c2ccccc2CC1SCc1cccc(C)c1. The summed E-state index contributed by atoms with van der Waals surface area (Å²) in [6, 6.07) is 18.2. The van der Waals surface area contributed by atoms with E-state index in [0.29, 0.717) is 11.3 Å². The molecule has 0 radical (unpaired) electrons. The van der Waals surface area contributed by atoms with Crippen LogP contribution in [0.4, 0.5) is 0 Å². The molecule has 1 aliphatic carbocycles. The molecule has 0 spiro atoms. The molecule has 2 unspecified atom stereocenters. The first kappa shape index (κ1) is 13.7. The van der Waals surface area contributed by atoms with Crippen LogP contribution in [0.5, 0.6) is 0 Å². The second-order valence-corrected chi connectivity index (χ2v) is 6.74. The molecule has 0 saturated heterocycles. The first-order chi connectivity index (χ1) is 9.78. The van der Waals surface area contributed by atoms with E-state index in [2.05, 4.69) is 79.6 Å². The number of hydrogen-bond acceptors (Lipinski definition) is 2. The molecule has 2 atom stereocenters. The van der Waals surface area contributed by atoms with Gasteiger partial charge in [-0.2, -0.15) is 11.8 Å². The topological polar surface area (TPSA) is 12.0 Å². The van der Waals surface area contributed by atoms with Crippen LogP contribution in [0.3, 0.4) is 0 Å². The Balaban J connectivity index is 1.70. The maximum absolute atomic E-state index is 3.50. The van der Waals surface area contributed by atoms with Gasteiger partial charge in [-0.25, -0.2) is 0 Å². The predicted molar refractivity (Wildman–Crippen MR) is 88.2 cm³/mol. The Hall–Kier alpha value is -1.25. The summed E-state index contributed by atoms with van der Waals surface area (Å²) in [7, 11) is 2.08. The van der Waals surface area contributed by atoms with Gasteiger partial charge in [0.25, 0.3) is 0 Å². The second-order valence-electron chi connectivity index (χ2n) is 5.51. The van der Waals surface area contributed by atoms with Crippen LogP contribution in [0.1, 0.15) is 28.3 Å². The normalized spacial score (nSPS) is 20.9. The number of thioether (sulfide) groups is 1. The molecular weight excluding hydrogens is 262 g/mol. The number of nitrogens with one attached hydrogen (secondary N) is 1. The van der Waals surface area contributed by atoms with E-state index in [-0.39, 0.29) is 0 Å². The van der Waals surface area contributed by atoms with Crippen molar-refractivity contribution in [2.24, 2.45) is 0 Å². The lowest BCUT2D eigenvalue weighted by Gasteiger charge is -2.19. The van der Waals surface area contributed by atoms with Gasteiger partial charge >= 0.3 is 0 Å². The van der Waals surface area contributed by atoms with Gasteiger partial charge in [-0.1, -0.05) is 54.1 Å². The van der Waals surface area contributed by atoms with Crippen LogP contribution >= 0.6 is 11.8 Å². The maximum atomic E-state index is 3.50. The number of hydrogen-bond donors (Lipinski definition) is 1. The van der Waals surface area contributed by atoms with Crippen molar-refractivity contribution in [1.82, 2.24) is 5.32 Å². The van der Waals surface area contributed by atoms with Crippen molar-refractivity contribution in [2.45, 2.75) is 30.4 Å². The third-order valence-electron chi connectivity index (χ3n) is 4.04. The molecule has 2 heteroatoms. The number of fused-ring (bicyclic) bond motifs is 1. The fourth-order valence-electron chi connectivity index (χ4n) is 3.06. The Morgan fingerprint density at radius 2 is 2.00 bits per heavy atom. The van der Waals surface area contributed by atoms with Crippen molar-refractivity contribution in [3.8, 4) is 0 Å². The van der Waals surface area contributed by atoms with Crippen LogP contribution in [-0.4, -0.2) is 12.3 Å². The van der Waals surface area contributed by atoms with E-state index in [0.717, 1.165) is 5.75 Å². The molecule has 1 nitrogen and oxygen atoms in total. The van der Waals surface area contributed by atoms with Crippen LogP contribution in [0.25, 0.3) is 0 Å². The minimum absolute atomic E-state index is 0.487. The van der Waals surface area contributed by atoms with E-state index in [1.165, 1.54) is 28.7 Å². The van der Waals surface area contributed by atoms with E-state index in [9.17, 15) is 0 Å².